The van der Waals surface area contributed by atoms with Gasteiger partial charge in [0.2, 0.25) is 5.91 Å². The van der Waals surface area contributed by atoms with Crippen molar-refractivity contribution in [1.29, 1.82) is 0 Å². The van der Waals surface area contributed by atoms with Crippen molar-refractivity contribution in [2.75, 3.05) is 45.2 Å². The van der Waals surface area contributed by atoms with Gasteiger partial charge in [-0.15, -0.1) is 35.7 Å². The molecule has 1 aliphatic rings. The van der Waals surface area contributed by atoms with Gasteiger partial charge in [-0.05, 0) is 30.7 Å². The highest BCUT2D eigenvalue weighted by Crippen LogP contribution is 2.25. The zero-order chi connectivity index (χ0) is 17.9. The third kappa shape index (κ3) is 9.36. The lowest BCUT2D eigenvalue weighted by Gasteiger charge is -2.16. The predicted molar refractivity (Wildman–Crippen MR) is 125 cm³/mol. The second kappa shape index (κ2) is 13.5. The molecule has 1 aromatic carbocycles. The first kappa shape index (κ1) is 23.4. The third-order valence-corrected chi connectivity index (χ3v) is 6.21. The van der Waals surface area contributed by atoms with Crippen molar-refractivity contribution in [2.24, 2.45) is 4.99 Å². The fourth-order valence-corrected chi connectivity index (χ4v) is 4.32. The molecule has 1 aromatic rings. The fourth-order valence-electron chi connectivity index (χ4n) is 2.33. The molecule has 0 spiro atoms. The van der Waals surface area contributed by atoms with Crippen molar-refractivity contribution in [3.63, 3.8) is 0 Å². The minimum Gasteiger partial charge on any atom is -0.356 e. The Bertz CT molecular complexity index is 551. The summed E-state index contributed by atoms with van der Waals surface area (Å²) in [6.07, 6.45) is 2.55. The molecule has 0 radical (unpaired) electrons. The molecule has 1 fully saturated rings. The Labute approximate surface area is 182 Å². The predicted octanol–water partition coefficient (Wildman–Crippen LogP) is 2.92. The number of hydrogen-bond acceptors (Lipinski definition) is 4. The molecular formula is C18H29IN4OS2. The second-order valence-corrected chi connectivity index (χ2v) is 8.63. The Morgan fingerprint density at radius 3 is 2.73 bits per heavy atom. The number of benzene rings is 1. The van der Waals surface area contributed by atoms with Crippen LogP contribution in [0.3, 0.4) is 0 Å². The molecule has 0 aliphatic carbocycles. The summed E-state index contributed by atoms with van der Waals surface area (Å²) in [4.78, 5) is 19.0. The van der Waals surface area contributed by atoms with Crippen LogP contribution in [0.5, 0.6) is 0 Å². The number of guanidine groups is 1. The van der Waals surface area contributed by atoms with Crippen molar-refractivity contribution in [1.82, 2.24) is 15.5 Å². The van der Waals surface area contributed by atoms with Gasteiger partial charge >= 0.3 is 0 Å². The molecule has 1 saturated heterocycles. The first-order valence-corrected chi connectivity index (χ1v) is 10.7. The Kier molecular flexibility index (Phi) is 12.2. The number of hydrogen-bond donors (Lipinski definition) is 2. The SMILES string of the molecule is CN(C)C(=O)CN=C(NCCSc1ccccc1)NCC1CCCS1.I. The van der Waals surface area contributed by atoms with Crippen LogP contribution < -0.4 is 10.6 Å². The van der Waals surface area contributed by atoms with Gasteiger partial charge in [0.1, 0.15) is 6.54 Å². The van der Waals surface area contributed by atoms with Gasteiger partial charge in [-0.3, -0.25) is 4.79 Å². The van der Waals surface area contributed by atoms with Crippen molar-refractivity contribution >= 4 is 59.4 Å². The summed E-state index contributed by atoms with van der Waals surface area (Å²) in [5, 5.41) is 7.39. The van der Waals surface area contributed by atoms with Crippen LogP contribution in [0, 0.1) is 0 Å². The monoisotopic (exact) mass is 508 g/mol. The van der Waals surface area contributed by atoms with E-state index in [1.54, 1.807) is 19.0 Å². The molecule has 1 amide bonds. The van der Waals surface area contributed by atoms with Gasteiger partial charge < -0.3 is 15.5 Å². The largest absolute Gasteiger partial charge is 0.356 e. The van der Waals surface area contributed by atoms with Crippen LogP contribution in [0.15, 0.2) is 40.2 Å². The van der Waals surface area contributed by atoms with Crippen LogP contribution >= 0.6 is 47.5 Å². The van der Waals surface area contributed by atoms with Crippen LogP contribution in [0.4, 0.5) is 0 Å². The number of halogens is 1. The van der Waals surface area contributed by atoms with Gasteiger partial charge in [-0.1, -0.05) is 18.2 Å². The van der Waals surface area contributed by atoms with E-state index >= 15 is 0 Å². The summed E-state index contributed by atoms with van der Waals surface area (Å²) < 4.78 is 0. The molecule has 5 nitrogen and oxygen atoms in total. The zero-order valence-corrected chi connectivity index (χ0v) is 19.4. The summed E-state index contributed by atoms with van der Waals surface area (Å²) >= 11 is 3.83. The Morgan fingerprint density at radius 1 is 1.31 bits per heavy atom. The minimum atomic E-state index is 0. The van der Waals surface area contributed by atoms with E-state index in [2.05, 4.69) is 39.9 Å². The second-order valence-electron chi connectivity index (χ2n) is 6.06. The lowest BCUT2D eigenvalue weighted by molar-refractivity contribution is -0.127. The first-order chi connectivity index (χ1) is 12.1. The molecule has 1 aliphatic heterocycles. The summed E-state index contributed by atoms with van der Waals surface area (Å²) in [6, 6.07) is 10.4. The smallest absolute Gasteiger partial charge is 0.243 e. The number of likely N-dealkylation sites (N-methyl/N-ethyl adjacent to an activating group) is 1. The van der Waals surface area contributed by atoms with E-state index in [4.69, 9.17) is 0 Å². The maximum atomic E-state index is 11.8. The maximum Gasteiger partial charge on any atom is 0.243 e. The number of nitrogens with one attached hydrogen (secondary N) is 2. The Morgan fingerprint density at radius 2 is 2.08 bits per heavy atom. The van der Waals surface area contributed by atoms with E-state index in [9.17, 15) is 4.79 Å². The molecule has 1 heterocycles. The molecule has 0 saturated carbocycles. The van der Waals surface area contributed by atoms with Crippen molar-refractivity contribution in [2.45, 2.75) is 23.0 Å². The molecular weight excluding hydrogens is 479 g/mol. The van der Waals surface area contributed by atoms with Crippen molar-refractivity contribution < 1.29 is 4.79 Å². The molecule has 0 bridgehead atoms. The molecule has 1 atom stereocenters. The van der Waals surface area contributed by atoms with Crippen LogP contribution in [0.2, 0.25) is 0 Å². The zero-order valence-electron chi connectivity index (χ0n) is 15.4. The molecule has 26 heavy (non-hydrogen) atoms. The standard InChI is InChI=1S/C18H28N4OS2.HI/c1-22(2)17(23)14-21-18(20-13-16-9-6-11-24-16)19-10-12-25-15-7-4-3-5-8-15;/h3-5,7-8,16H,6,9-14H2,1-2H3,(H2,19,20,21);1H. The van der Waals surface area contributed by atoms with Gasteiger partial charge in [0.05, 0.1) is 0 Å². The number of nitrogens with zero attached hydrogens (tertiary/aromatic N) is 2. The fraction of sp³-hybridized carbons (Fsp3) is 0.556. The highest BCUT2D eigenvalue weighted by molar-refractivity contribution is 14.0. The molecule has 0 aromatic heterocycles. The first-order valence-electron chi connectivity index (χ1n) is 8.67. The lowest BCUT2D eigenvalue weighted by atomic mass is 10.2. The van der Waals surface area contributed by atoms with Gasteiger partial charge in [0.25, 0.3) is 0 Å². The van der Waals surface area contributed by atoms with Crippen LogP contribution in [0.1, 0.15) is 12.8 Å². The van der Waals surface area contributed by atoms with Gasteiger partial charge in [-0.2, -0.15) is 11.8 Å². The number of thioether (sulfide) groups is 2. The number of aliphatic imine (C=N–C) groups is 1. The summed E-state index contributed by atoms with van der Waals surface area (Å²) in [6.45, 7) is 1.88. The average molecular weight is 508 g/mol. The van der Waals surface area contributed by atoms with E-state index in [0.717, 1.165) is 24.8 Å². The summed E-state index contributed by atoms with van der Waals surface area (Å²) in [7, 11) is 3.51. The Hall–Kier alpha value is -0.610. The maximum absolute atomic E-state index is 11.8. The quantitative estimate of drug-likeness (QED) is 0.186. The van der Waals surface area contributed by atoms with E-state index in [1.807, 2.05) is 29.6 Å². The molecule has 146 valence electrons. The third-order valence-electron chi connectivity index (χ3n) is 3.80. The topological polar surface area (TPSA) is 56.7 Å². The molecule has 2 rings (SSSR count). The van der Waals surface area contributed by atoms with Gasteiger partial charge in [-0.25, -0.2) is 4.99 Å². The van der Waals surface area contributed by atoms with Crippen molar-refractivity contribution in [3.05, 3.63) is 30.3 Å². The summed E-state index contributed by atoms with van der Waals surface area (Å²) in [5.74, 6) is 2.94. The highest BCUT2D eigenvalue weighted by atomic mass is 127. The number of rotatable bonds is 8. The number of amides is 1. The molecule has 1 unspecified atom stereocenters. The van der Waals surface area contributed by atoms with E-state index in [-0.39, 0.29) is 36.4 Å². The Balaban J connectivity index is 0.00000338. The van der Waals surface area contributed by atoms with Crippen LogP contribution in [0.25, 0.3) is 0 Å². The van der Waals surface area contributed by atoms with E-state index in [0.29, 0.717) is 5.25 Å². The highest BCUT2D eigenvalue weighted by Gasteiger charge is 2.15. The molecule has 2 N–H and O–H groups in total. The number of carbonyl (C=O) groups is 1. The van der Waals surface area contributed by atoms with E-state index in [1.165, 1.54) is 23.5 Å². The number of carbonyl (C=O) groups excluding carboxylic acids is 1. The molecule has 8 heteroatoms. The lowest BCUT2D eigenvalue weighted by Crippen LogP contribution is -2.42. The average Bonchev–Trinajstić information content (AvgIpc) is 3.14. The van der Waals surface area contributed by atoms with Gasteiger partial charge in [0, 0.05) is 43.1 Å². The van der Waals surface area contributed by atoms with E-state index < -0.39 is 0 Å². The van der Waals surface area contributed by atoms with Crippen LogP contribution in [-0.2, 0) is 4.79 Å². The van der Waals surface area contributed by atoms with Crippen molar-refractivity contribution in [3.8, 4) is 0 Å². The van der Waals surface area contributed by atoms with Crippen LogP contribution in [-0.4, -0.2) is 67.3 Å². The minimum absolute atomic E-state index is 0. The normalized spacial score (nSPS) is 16.7. The van der Waals surface area contributed by atoms with Gasteiger partial charge in [0.15, 0.2) is 5.96 Å². The summed E-state index contributed by atoms with van der Waals surface area (Å²) in [5.41, 5.74) is 0.